The Hall–Kier alpha value is -2.70. The number of carboxylic acid groups (broad SMARTS) is 1. The fourth-order valence-electron chi connectivity index (χ4n) is 3.19. The number of benzene rings is 2. The van der Waals surface area contributed by atoms with E-state index in [1.807, 2.05) is 48.5 Å². The van der Waals surface area contributed by atoms with E-state index in [0.29, 0.717) is 0 Å². The minimum absolute atomic E-state index is 0.0120. The van der Waals surface area contributed by atoms with Crippen LogP contribution in [-0.4, -0.2) is 41.9 Å². The standard InChI is InChI=1S/C19H19NO5/c20-10-19(11-21,17(22)23)18(24)25-9-16-14-7-3-1-5-12(14)13-6-2-4-8-15(13)16/h1-8,16,21H,9-11,20H2,(H,22,23)/t19-/m1/s1. The number of carboxylic acids is 1. The van der Waals surface area contributed by atoms with Gasteiger partial charge in [0.2, 0.25) is 0 Å². The van der Waals surface area contributed by atoms with Crippen molar-refractivity contribution < 1.29 is 24.5 Å². The normalized spacial score (nSPS) is 15.1. The van der Waals surface area contributed by atoms with Crippen LogP contribution < -0.4 is 5.73 Å². The summed E-state index contributed by atoms with van der Waals surface area (Å²) in [7, 11) is 0. The van der Waals surface area contributed by atoms with Crippen molar-refractivity contribution in [1.82, 2.24) is 0 Å². The lowest BCUT2D eigenvalue weighted by atomic mass is 9.89. The maximum atomic E-state index is 12.3. The summed E-state index contributed by atoms with van der Waals surface area (Å²) in [6.07, 6.45) is 0. The first-order chi connectivity index (χ1) is 12.0. The van der Waals surface area contributed by atoms with Crippen molar-refractivity contribution in [2.45, 2.75) is 5.92 Å². The Morgan fingerprint density at radius 1 is 1.04 bits per heavy atom. The smallest absolute Gasteiger partial charge is 0.327 e. The number of aliphatic hydroxyl groups excluding tert-OH is 1. The van der Waals surface area contributed by atoms with E-state index in [1.54, 1.807) is 0 Å². The maximum absolute atomic E-state index is 12.3. The van der Waals surface area contributed by atoms with Gasteiger partial charge in [0.05, 0.1) is 6.61 Å². The quantitative estimate of drug-likeness (QED) is 0.541. The third-order valence-corrected chi connectivity index (χ3v) is 4.76. The Kier molecular flexibility index (Phi) is 4.57. The van der Waals surface area contributed by atoms with E-state index in [4.69, 9.17) is 10.5 Å². The van der Waals surface area contributed by atoms with E-state index >= 15 is 0 Å². The molecule has 0 bridgehead atoms. The number of esters is 1. The Balaban J connectivity index is 1.87. The van der Waals surface area contributed by atoms with E-state index in [0.717, 1.165) is 22.3 Å². The third kappa shape index (κ3) is 2.69. The summed E-state index contributed by atoms with van der Waals surface area (Å²) in [5.74, 6) is -2.69. The highest BCUT2D eigenvalue weighted by Gasteiger charge is 2.47. The second-order valence-corrected chi connectivity index (χ2v) is 6.08. The number of carbonyl (C=O) groups is 2. The van der Waals surface area contributed by atoms with Gasteiger partial charge < -0.3 is 20.7 Å². The predicted octanol–water partition coefficient (Wildman–Crippen LogP) is 1.36. The number of ether oxygens (including phenoxy) is 1. The number of carbonyl (C=O) groups excluding carboxylic acids is 1. The summed E-state index contributed by atoms with van der Waals surface area (Å²) in [6.45, 7) is -1.45. The Morgan fingerprint density at radius 3 is 2.00 bits per heavy atom. The predicted molar refractivity (Wildman–Crippen MR) is 90.9 cm³/mol. The largest absolute Gasteiger partial charge is 0.480 e. The molecule has 0 radical (unpaired) electrons. The number of aliphatic hydroxyl groups is 1. The van der Waals surface area contributed by atoms with E-state index in [2.05, 4.69) is 0 Å². The average molecular weight is 341 g/mol. The summed E-state index contributed by atoms with van der Waals surface area (Å²) < 4.78 is 5.29. The van der Waals surface area contributed by atoms with E-state index in [-0.39, 0.29) is 12.5 Å². The van der Waals surface area contributed by atoms with Crippen LogP contribution in [0.2, 0.25) is 0 Å². The lowest BCUT2D eigenvalue weighted by molar-refractivity contribution is -0.171. The topological polar surface area (TPSA) is 110 Å². The lowest BCUT2D eigenvalue weighted by Crippen LogP contribution is -2.49. The zero-order valence-electron chi connectivity index (χ0n) is 13.5. The van der Waals surface area contributed by atoms with Crippen molar-refractivity contribution >= 4 is 11.9 Å². The molecule has 4 N–H and O–H groups in total. The first-order valence-electron chi connectivity index (χ1n) is 7.95. The van der Waals surface area contributed by atoms with Gasteiger partial charge in [0.25, 0.3) is 0 Å². The van der Waals surface area contributed by atoms with Crippen LogP contribution in [0.15, 0.2) is 48.5 Å². The summed E-state index contributed by atoms with van der Waals surface area (Å²) >= 11 is 0. The Morgan fingerprint density at radius 2 is 1.56 bits per heavy atom. The van der Waals surface area contributed by atoms with E-state index in [1.165, 1.54) is 0 Å². The molecule has 0 spiro atoms. The van der Waals surface area contributed by atoms with Crippen molar-refractivity contribution in [1.29, 1.82) is 0 Å². The average Bonchev–Trinajstić information content (AvgIpc) is 2.95. The molecule has 0 amide bonds. The van der Waals surface area contributed by atoms with Gasteiger partial charge in [-0.25, -0.2) is 0 Å². The molecule has 25 heavy (non-hydrogen) atoms. The monoisotopic (exact) mass is 341 g/mol. The molecular weight excluding hydrogens is 322 g/mol. The molecule has 2 aromatic carbocycles. The van der Waals surface area contributed by atoms with Crippen molar-refractivity contribution in [3.63, 3.8) is 0 Å². The highest BCUT2D eigenvalue weighted by molar-refractivity contribution is 5.99. The molecule has 1 aliphatic carbocycles. The van der Waals surface area contributed by atoms with Gasteiger partial charge in [-0.15, -0.1) is 0 Å². The molecule has 130 valence electrons. The minimum atomic E-state index is -2.13. The van der Waals surface area contributed by atoms with Gasteiger partial charge in [0.1, 0.15) is 6.61 Å². The first kappa shape index (κ1) is 17.1. The molecule has 0 aromatic heterocycles. The van der Waals surface area contributed by atoms with E-state index < -0.39 is 30.5 Å². The zero-order valence-corrected chi connectivity index (χ0v) is 13.5. The number of rotatable bonds is 6. The molecule has 0 unspecified atom stereocenters. The van der Waals surface area contributed by atoms with Crippen molar-refractivity contribution in [2.24, 2.45) is 11.1 Å². The molecule has 6 nitrogen and oxygen atoms in total. The van der Waals surface area contributed by atoms with Gasteiger partial charge in [0.15, 0.2) is 5.41 Å². The fourth-order valence-corrected chi connectivity index (χ4v) is 3.19. The van der Waals surface area contributed by atoms with Gasteiger partial charge >= 0.3 is 11.9 Å². The van der Waals surface area contributed by atoms with Gasteiger partial charge in [-0.2, -0.15) is 0 Å². The number of aliphatic carboxylic acids is 1. The highest BCUT2D eigenvalue weighted by atomic mass is 16.5. The highest BCUT2D eigenvalue weighted by Crippen LogP contribution is 2.44. The SMILES string of the molecule is NC[C@@](CO)(C(=O)O)C(=O)OCC1c2ccccc2-c2ccccc21. The zero-order chi connectivity index (χ0) is 18.0. The molecule has 0 fully saturated rings. The second kappa shape index (κ2) is 6.66. The molecule has 3 rings (SSSR count). The summed E-state index contributed by atoms with van der Waals surface area (Å²) in [5.41, 5.74) is 7.48. The second-order valence-electron chi connectivity index (χ2n) is 6.08. The first-order valence-corrected chi connectivity index (χ1v) is 7.95. The third-order valence-electron chi connectivity index (χ3n) is 4.76. The van der Waals surface area contributed by atoms with Crippen LogP contribution in [0.5, 0.6) is 0 Å². The lowest BCUT2D eigenvalue weighted by Gasteiger charge is -2.24. The molecule has 0 saturated carbocycles. The van der Waals surface area contributed by atoms with Crippen LogP contribution in [0.25, 0.3) is 11.1 Å². The number of hydrogen-bond donors (Lipinski definition) is 3. The number of hydrogen-bond acceptors (Lipinski definition) is 5. The molecule has 1 aliphatic rings. The molecular formula is C19H19NO5. The maximum Gasteiger partial charge on any atom is 0.327 e. The van der Waals surface area contributed by atoms with E-state index in [9.17, 15) is 19.8 Å². The summed E-state index contributed by atoms with van der Waals surface area (Å²) in [4.78, 5) is 23.7. The summed E-state index contributed by atoms with van der Waals surface area (Å²) in [6, 6.07) is 15.7. The van der Waals surface area contributed by atoms with Gasteiger partial charge in [-0.05, 0) is 22.3 Å². The molecule has 6 heteroatoms. The molecule has 1 atom stereocenters. The number of fused-ring (bicyclic) bond motifs is 3. The van der Waals surface area contributed by atoms with Gasteiger partial charge in [0, 0.05) is 12.5 Å². The van der Waals surface area contributed by atoms with Crippen LogP contribution in [0, 0.1) is 5.41 Å². The van der Waals surface area contributed by atoms with Gasteiger partial charge in [-0.1, -0.05) is 48.5 Å². The molecule has 0 heterocycles. The Bertz CT molecular complexity index is 767. The van der Waals surface area contributed by atoms with Crippen molar-refractivity contribution in [3.05, 3.63) is 59.7 Å². The van der Waals surface area contributed by atoms with Crippen molar-refractivity contribution in [3.8, 4) is 11.1 Å². The van der Waals surface area contributed by atoms with Crippen LogP contribution in [0.4, 0.5) is 0 Å². The Labute approximate surface area is 144 Å². The van der Waals surface area contributed by atoms with Crippen LogP contribution in [0.1, 0.15) is 17.0 Å². The van der Waals surface area contributed by atoms with Crippen molar-refractivity contribution in [2.75, 3.05) is 19.8 Å². The fraction of sp³-hybridized carbons (Fsp3) is 0.263. The van der Waals surface area contributed by atoms with Gasteiger partial charge in [-0.3, -0.25) is 9.59 Å². The molecule has 0 saturated heterocycles. The summed E-state index contributed by atoms with van der Waals surface area (Å²) in [5, 5.41) is 18.6. The molecule has 0 aliphatic heterocycles. The minimum Gasteiger partial charge on any atom is -0.480 e. The van der Waals surface area contributed by atoms with Crippen LogP contribution >= 0.6 is 0 Å². The van der Waals surface area contributed by atoms with Crippen LogP contribution in [0.3, 0.4) is 0 Å². The van der Waals surface area contributed by atoms with Crippen LogP contribution in [-0.2, 0) is 14.3 Å². The number of nitrogens with two attached hydrogens (primary N) is 1. The molecule has 2 aromatic rings.